The number of ether oxygens (including phenoxy) is 4. The Bertz CT molecular complexity index is 1630. The summed E-state index contributed by atoms with van der Waals surface area (Å²) in [6.07, 6.45) is 0.726. The zero-order valence-electron chi connectivity index (χ0n) is 20.8. The van der Waals surface area contributed by atoms with Crippen LogP contribution in [0.1, 0.15) is 24.0 Å². The average Bonchev–Trinajstić information content (AvgIpc) is 3.60. The van der Waals surface area contributed by atoms with Crippen LogP contribution in [-0.2, 0) is 23.6 Å². The van der Waals surface area contributed by atoms with Crippen LogP contribution in [0.5, 0.6) is 23.0 Å². The number of halogens is 1. The molecule has 1 amide bonds. The molecule has 0 aliphatic carbocycles. The molecule has 39 heavy (non-hydrogen) atoms. The monoisotopic (exact) mass is 565 g/mol. The van der Waals surface area contributed by atoms with Gasteiger partial charge in [-0.15, -0.1) is 0 Å². The summed E-state index contributed by atoms with van der Waals surface area (Å²) in [7, 11) is 0. The van der Waals surface area contributed by atoms with Gasteiger partial charge < -0.3 is 24.3 Å². The molecule has 0 saturated heterocycles. The predicted molar refractivity (Wildman–Crippen MR) is 147 cm³/mol. The van der Waals surface area contributed by atoms with Gasteiger partial charge in [-0.05, 0) is 47.9 Å². The maximum Gasteiger partial charge on any atom is 0.262 e. The van der Waals surface area contributed by atoms with Crippen LogP contribution in [0, 0.1) is 0 Å². The Labute approximate surface area is 233 Å². The Balaban J connectivity index is 1.16. The number of hydrogen-bond donors (Lipinski definition) is 1. The van der Waals surface area contributed by atoms with Crippen LogP contribution in [0.25, 0.3) is 10.9 Å². The smallest absolute Gasteiger partial charge is 0.262 e. The van der Waals surface area contributed by atoms with Crippen LogP contribution >= 0.6 is 23.4 Å². The maximum absolute atomic E-state index is 13.6. The first-order valence-corrected chi connectivity index (χ1v) is 13.8. The molecule has 0 radical (unpaired) electrons. The summed E-state index contributed by atoms with van der Waals surface area (Å²) in [5.74, 6) is 2.94. The molecule has 0 spiro atoms. The van der Waals surface area contributed by atoms with Gasteiger partial charge in [0.15, 0.2) is 28.2 Å². The van der Waals surface area contributed by atoms with Gasteiger partial charge in [0, 0.05) is 36.4 Å². The molecule has 0 saturated carbocycles. The normalized spacial score (nSPS) is 13.2. The molecule has 3 aromatic carbocycles. The number of hydrogen-bond acceptors (Lipinski definition) is 8. The Hall–Kier alpha value is -3.89. The minimum absolute atomic E-state index is 0.106. The molecular weight excluding hydrogens is 542 g/mol. The average molecular weight is 566 g/mol. The topological polar surface area (TPSA) is 101 Å². The molecule has 2 aliphatic heterocycles. The quantitative estimate of drug-likeness (QED) is 0.226. The molecule has 0 fully saturated rings. The molecule has 1 aromatic heterocycles. The van der Waals surface area contributed by atoms with Crippen molar-refractivity contribution in [2.45, 2.75) is 36.8 Å². The van der Waals surface area contributed by atoms with E-state index in [0.717, 1.165) is 11.1 Å². The van der Waals surface area contributed by atoms with E-state index in [1.807, 2.05) is 42.5 Å². The first-order chi connectivity index (χ1) is 19.0. The third-order valence-electron chi connectivity index (χ3n) is 6.38. The molecule has 4 aromatic rings. The minimum Gasteiger partial charge on any atom is -0.454 e. The summed E-state index contributed by atoms with van der Waals surface area (Å²) < 4.78 is 23.3. The lowest BCUT2D eigenvalue weighted by Crippen LogP contribution is -2.26. The van der Waals surface area contributed by atoms with Crippen molar-refractivity contribution >= 4 is 40.2 Å². The number of benzene rings is 3. The highest BCUT2D eigenvalue weighted by Crippen LogP contribution is 2.35. The van der Waals surface area contributed by atoms with Gasteiger partial charge in [-0.2, -0.15) is 0 Å². The third kappa shape index (κ3) is 5.62. The lowest BCUT2D eigenvalue weighted by molar-refractivity contribution is -0.121. The summed E-state index contributed by atoms with van der Waals surface area (Å²) in [6, 6.07) is 16.6. The lowest BCUT2D eigenvalue weighted by atomic mass is 10.2. The van der Waals surface area contributed by atoms with E-state index < -0.39 is 0 Å². The highest BCUT2D eigenvalue weighted by molar-refractivity contribution is 7.98. The second kappa shape index (κ2) is 11.1. The van der Waals surface area contributed by atoms with Crippen molar-refractivity contribution in [3.63, 3.8) is 0 Å². The van der Waals surface area contributed by atoms with Crippen molar-refractivity contribution in [1.29, 1.82) is 0 Å². The molecule has 0 unspecified atom stereocenters. The molecule has 1 N–H and O–H groups in total. The highest BCUT2D eigenvalue weighted by Gasteiger charge is 2.20. The van der Waals surface area contributed by atoms with Gasteiger partial charge in [0.2, 0.25) is 19.5 Å². The lowest BCUT2D eigenvalue weighted by Gasteiger charge is -2.14. The predicted octanol–water partition coefficient (Wildman–Crippen LogP) is 4.90. The number of rotatable bonds is 9. The molecule has 9 nitrogen and oxygen atoms in total. The van der Waals surface area contributed by atoms with Crippen LogP contribution in [0.15, 0.2) is 64.5 Å². The summed E-state index contributed by atoms with van der Waals surface area (Å²) >= 11 is 7.59. The van der Waals surface area contributed by atoms with Gasteiger partial charge >= 0.3 is 0 Å². The Morgan fingerprint density at radius 3 is 2.54 bits per heavy atom. The maximum atomic E-state index is 13.6. The molecule has 6 rings (SSSR count). The van der Waals surface area contributed by atoms with Gasteiger partial charge in [0.05, 0.1) is 10.9 Å². The van der Waals surface area contributed by atoms with Crippen LogP contribution in [0.4, 0.5) is 0 Å². The van der Waals surface area contributed by atoms with E-state index in [1.165, 1.54) is 11.8 Å². The van der Waals surface area contributed by atoms with Crippen molar-refractivity contribution in [3.05, 3.63) is 81.1 Å². The van der Waals surface area contributed by atoms with Gasteiger partial charge in [0.25, 0.3) is 5.56 Å². The number of aromatic nitrogens is 2. The second-order valence-electron chi connectivity index (χ2n) is 9.06. The number of amides is 1. The fraction of sp³-hybridized carbons (Fsp3) is 0.250. The van der Waals surface area contributed by atoms with E-state index in [9.17, 15) is 9.59 Å². The van der Waals surface area contributed by atoms with Crippen molar-refractivity contribution in [2.24, 2.45) is 0 Å². The van der Waals surface area contributed by atoms with Gasteiger partial charge in [-0.25, -0.2) is 4.98 Å². The molecule has 2 aliphatic rings. The minimum atomic E-state index is -0.187. The zero-order chi connectivity index (χ0) is 26.8. The van der Waals surface area contributed by atoms with Crippen molar-refractivity contribution in [2.75, 3.05) is 13.6 Å². The van der Waals surface area contributed by atoms with E-state index in [0.29, 0.717) is 69.3 Å². The SMILES string of the molecule is O=C(CCCn1c(SCc2cccc(Cl)c2)nc2cc3c(cc2c1=O)OCO3)NCc1ccc2c(c1)OCO2. The fourth-order valence-electron chi connectivity index (χ4n) is 4.41. The summed E-state index contributed by atoms with van der Waals surface area (Å²) in [4.78, 5) is 30.9. The molecule has 0 atom stereocenters. The molecular formula is C28H24ClN3O6S. The first-order valence-electron chi connectivity index (χ1n) is 12.4. The number of thioether (sulfide) groups is 1. The second-order valence-corrected chi connectivity index (χ2v) is 10.4. The number of nitrogens with one attached hydrogen (secondary N) is 1. The molecule has 0 bridgehead atoms. The Kier molecular flexibility index (Phi) is 7.21. The van der Waals surface area contributed by atoms with Crippen molar-refractivity contribution < 1.29 is 23.7 Å². The number of carbonyl (C=O) groups excluding carboxylic acids is 1. The fourth-order valence-corrected chi connectivity index (χ4v) is 5.59. The summed E-state index contributed by atoms with van der Waals surface area (Å²) in [6.45, 7) is 1.03. The summed E-state index contributed by atoms with van der Waals surface area (Å²) in [5, 5.41) is 4.58. The third-order valence-corrected chi connectivity index (χ3v) is 7.67. The van der Waals surface area contributed by atoms with E-state index >= 15 is 0 Å². The highest BCUT2D eigenvalue weighted by atomic mass is 35.5. The number of fused-ring (bicyclic) bond motifs is 3. The molecule has 200 valence electrons. The van der Waals surface area contributed by atoms with Gasteiger partial charge in [-0.3, -0.25) is 14.2 Å². The van der Waals surface area contributed by atoms with Crippen molar-refractivity contribution in [1.82, 2.24) is 14.9 Å². The largest absolute Gasteiger partial charge is 0.454 e. The first kappa shape index (κ1) is 25.4. The molecule has 3 heterocycles. The van der Waals surface area contributed by atoms with Gasteiger partial charge in [-0.1, -0.05) is 41.6 Å². The van der Waals surface area contributed by atoms with E-state index in [1.54, 1.807) is 16.7 Å². The summed E-state index contributed by atoms with van der Waals surface area (Å²) in [5.41, 5.74) is 2.28. The van der Waals surface area contributed by atoms with Crippen LogP contribution in [0.2, 0.25) is 5.02 Å². The number of carbonyl (C=O) groups is 1. The van der Waals surface area contributed by atoms with Gasteiger partial charge in [0.1, 0.15) is 0 Å². The Morgan fingerprint density at radius 1 is 0.949 bits per heavy atom. The Morgan fingerprint density at radius 2 is 1.72 bits per heavy atom. The number of nitrogens with zero attached hydrogens (tertiary/aromatic N) is 2. The molecule has 11 heteroatoms. The van der Waals surface area contributed by atoms with Crippen LogP contribution < -0.4 is 29.8 Å². The van der Waals surface area contributed by atoms with Crippen LogP contribution in [0.3, 0.4) is 0 Å². The zero-order valence-corrected chi connectivity index (χ0v) is 22.3. The van der Waals surface area contributed by atoms with Crippen LogP contribution in [-0.4, -0.2) is 29.0 Å². The standard InChI is InChI=1S/C28H24ClN3O6S/c29-19-4-1-3-18(9-19)14-39-28-31-21-12-25-24(37-16-38-25)11-20(21)27(34)32(28)8-2-5-26(33)30-13-17-6-7-22-23(10-17)36-15-35-22/h1,3-4,6-7,9-12H,2,5,8,13-16H2,(H,30,33). The van der Waals surface area contributed by atoms with Crippen molar-refractivity contribution in [3.8, 4) is 23.0 Å². The van der Waals surface area contributed by atoms with E-state index in [-0.39, 0.29) is 31.5 Å². The van der Waals surface area contributed by atoms with E-state index in [4.69, 9.17) is 35.5 Å². The van der Waals surface area contributed by atoms with E-state index in [2.05, 4.69) is 5.32 Å².